The Hall–Kier alpha value is -1.22. The number of rotatable bonds is 5. The highest BCUT2D eigenvalue weighted by Crippen LogP contribution is 2.29. The molecule has 0 atom stereocenters. The molecule has 2 rings (SSSR count). The molecule has 1 aliphatic rings. The standard InChI is InChI=1S/C16H26N2O/c1-16(2)8-11-18(12-9-16)10-5-13-19-15-7-4-3-6-14(15)17/h3-4,6-7H,5,8-13,17H2,1-2H3. The third-order valence-electron chi connectivity index (χ3n) is 4.00. The number of ether oxygens (including phenoxy) is 1. The van der Waals surface area contributed by atoms with E-state index in [4.69, 9.17) is 10.5 Å². The lowest BCUT2D eigenvalue weighted by Crippen LogP contribution is -2.38. The van der Waals surface area contributed by atoms with Gasteiger partial charge in [-0.25, -0.2) is 0 Å². The van der Waals surface area contributed by atoms with E-state index in [0.29, 0.717) is 5.41 Å². The number of hydrogen-bond acceptors (Lipinski definition) is 3. The van der Waals surface area contributed by atoms with Crippen LogP contribution in [-0.2, 0) is 0 Å². The first-order valence-electron chi connectivity index (χ1n) is 7.26. The summed E-state index contributed by atoms with van der Waals surface area (Å²) in [7, 11) is 0. The van der Waals surface area contributed by atoms with Gasteiger partial charge in [-0.2, -0.15) is 0 Å². The fourth-order valence-electron chi connectivity index (χ4n) is 2.46. The third-order valence-corrected chi connectivity index (χ3v) is 4.00. The molecule has 1 fully saturated rings. The predicted molar refractivity (Wildman–Crippen MR) is 80.4 cm³/mol. The number of anilines is 1. The van der Waals surface area contributed by atoms with Crippen LogP contribution < -0.4 is 10.5 Å². The van der Waals surface area contributed by atoms with Crippen molar-refractivity contribution in [2.45, 2.75) is 33.1 Å². The summed E-state index contributed by atoms with van der Waals surface area (Å²) < 4.78 is 5.72. The highest BCUT2D eigenvalue weighted by molar-refractivity contribution is 5.51. The lowest BCUT2D eigenvalue weighted by Gasteiger charge is -2.36. The summed E-state index contributed by atoms with van der Waals surface area (Å²) in [6.45, 7) is 9.05. The van der Waals surface area contributed by atoms with Crippen LogP contribution in [0.4, 0.5) is 5.69 Å². The van der Waals surface area contributed by atoms with Gasteiger partial charge in [0, 0.05) is 6.54 Å². The van der Waals surface area contributed by atoms with Gasteiger partial charge >= 0.3 is 0 Å². The minimum atomic E-state index is 0.533. The normalized spacial score (nSPS) is 19.3. The van der Waals surface area contributed by atoms with Crippen LogP contribution in [0.2, 0.25) is 0 Å². The first kappa shape index (κ1) is 14.2. The fraction of sp³-hybridized carbons (Fsp3) is 0.625. The van der Waals surface area contributed by atoms with Crippen molar-refractivity contribution in [2.24, 2.45) is 5.41 Å². The first-order chi connectivity index (χ1) is 9.07. The van der Waals surface area contributed by atoms with E-state index >= 15 is 0 Å². The zero-order valence-corrected chi connectivity index (χ0v) is 12.2. The molecule has 1 aromatic rings. The van der Waals surface area contributed by atoms with Crippen LogP contribution >= 0.6 is 0 Å². The van der Waals surface area contributed by atoms with E-state index in [2.05, 4.69) is 18.7 Å². The van der Waals surface area contributed by atoms with E-state index in [1.165, 1.54) is 25.9 Å². The van der Waals surface area contributed by atoms with E-state index in [-0.39, 0.29) is 0 Å². The maximum atomic E-state index is 5.84. The molecule has 2 N–H and O–H groups in total. The molecule has 0 bridgehead atoms. The van der Waals surface area contributed by atoms with Gasteiger partial charge in [0.2, 0.25) is 0 Å². The largest absolute Gasteiger partial charge is 0.491 e. The quantitative estimate of drug-likeness (QED) is 0.654. The zero-order chi connectivity index (χ0) is 13.7. The predicted octanol–water partition coefficient (Wildman–Crippen LogP) is 3.16. The number of piperidine rings is 1. The van der Waals surface area contributed by atoms with Crippen molar-refractivity contribution in [1.29, 1.82) is 0 Å². The van der Waals surface area contributed by atoms with Gasteiger partial charge in [0.15, 0.2) is 0 Å². The van der Waals surface area contributed by atoms with Crippen LogP contribution in [0.5, 0.6) is 5.75 Å². The molecule has 0 aliphatic carbocycles. The minimum Gasteiger partial charge on any atom is -0.491 e. The van der Waals surface area contributed by atoms with E-state index in [1.807, 2.05) is 24.3 Å². The number of benzene rings is 1. The van der Waals surface area contributed by atoms with E-state index in [0.717, 1.165) is 31.0 Å². The Balaban J connectivity index is 1.64. The van der Waals surface area contributed by atoms with Gasteiger partial charge in [-0.1, -0.05) is 26.0 Å². The molecule has 3 heteroatoms. The number of para-hydroxylation sites is 2. The van der Waals surface area contributed by atoms with Crippen LogP contribution in [0.25, 0.3) is 0 Å². The molecular weight excluding hydrogens is 236 g/mol. The molecule has 106 valence electrons. The van der Waals surface area contributed by atoms with Crippen molar-refractivity contribution in [3.05, 3.63) is 24.3 Å². The number of likely N-dealkylation sites (tertiary alicyclic amines) is 1. The molecule has 0 unspecified atom stereocenters. The Morgan fingerprint density at radius 2 is 1.89 bits per heavy atom. The van der Waals surface area contributed by atoms with Crippen molar-refractivity contribution in [3.8, 4) is 5.75 Å². The molecule has 0 radical (unpaired) electrons. The van der Waals surface area contributed by atoms with Gasteiger partial charge in [-0.15, -0.1) is 0 Å². The van der Waals surface area contributed by atoms with Crippen LogP contribution in [-0.4, -0.2) is 31.1 Å². The lowest BCUT2D eigenvalue weighted by molar-refractivity contribution is 0.126. The SMILES string of the molecule is CC1(C)CCN(CCCOc2ccccc2N)CC1. The van der Waals surface area contributed by atoms with E-state index in [9.17, 15) is 0 Å². The maximum absolute atomic E-state index is 5.84. The fourth-order valence-corrected chi connectivity index (χ4v) is 2.46. The molecule has 3 nitrogen and oxygen atoms in total. The van der Waals surface area contributed by atoms with Gasteiger partial charge < -0.3 is 15.4 Å². The summed E-state index contributed by atoms with van der Waals surface area (Å²) in [5.74, 6) is 0.808. The van der Waals surface area contributed by atoms with Crippen LogP contribution in [0, 0.1) is 5.41 Å². The Bertz CT molecular complexity index is 393. The molecule has 1 saturated heterocycles. The Labute approximate surface area is 116 Å². The molecule has 1 heterocycles. The number of nitrogens with two attached hydrogens (primary N) is 1. The second-order valence-corrected chi connectivity index (χ2v) is 6.25. The summed E-state index contributed by atoms with van der Waals surface area (Å²) in [6, 6.07) is 7.69. The van der Waals surface area contributed by atoms with Gasteiger partial charge in [0.05, 0.1) is 12.3 Å². The van der Waals surface area contributed by atoms with Crippen molar-refractivity contribution in [2.75, 3.05) is 32.0 Å². The lowest BCUT2D eigenvalue weighted by atomic mass is 9.83. The number of nitrogens with zero attached hydrogens (tertiary/aromatic N) is 1. The summed E-state index contributed by atoms with van der Waals surface area (Å²) in [5.41, 5.74) is 7.10. The monoisotopic (exact) mass is 262 g/mol. The molecule has 0 amide bonds. The highest BCUT2D eigenvalue weighted by atomic mass is 16.5. The van der Waals surface area contributed by atoms with Gasteiger partial charge in [0.1, 0.15) is 5.75 Å². The third kappa shape index (κ3) is 4.43. The molecule has 0 aromatic heterocycles. The van der Waals surface area contributed by atoms with Crippen molar-refractivity contribution < 1.29 is 4.74 Å². The van der Waals surface area contributed by atoms with E-state index in [1.54, 1.807) is 0 Å². The van der Waals surface area contributed by atoms with Crippen molar-refractivity contribution in [1.82, 2.24) is 4.90 Å². The highest BCUT2D eigenvalue weighted by Gasteiger charge is 2.24. The Kier molecular flexibility index (Phi) is 4.70. The second kappa shape index (κ2) is 6.29. The molecule has 0 spiro atoms. The van der Waals surface area contributed by atoms with E-state index < -0.39 is 0 Å². The van der Waals surface area contributed by atoms with Crippen LogP contribution in [0.3, 0.4) is 0 Å². The summed E-state index contributed by atoms with van der Waals surface area (Å²) in [5, 5.41) is 0. The van der Waals surface area contributed by atoms with Gasteiger partial charge in [0.25, 0.3) is 0 Å². The second-order valence-electron chi connectivity index (χ2n) is 6.25. The summed E-state index contributed by atoms with van der Waals surface area (Å²) in [4.78, 5) is 2.54. The number of hydrogen-bond donors (Lipinski definition) is 1. The maximum Gasteiger partial charge on any atom is 0.142 e. The van der Waals surface area contributed by atoms with Crippen molar-refractivity contribution >= 4 is 5.69 Å². The minimum absolute atomic E-state index is 0.533. The molecule has 1 aliphatic heterocycles. The average Bonchev–Trinajstić information content (AvgIpc) is 2.38. The topological polar surface area (TPSA) is 38.5 Å². The van der Waals surface area contributed by atoms with Gasteiger partial charge in [-0.3, -0.25) is 0 Å². The summed E-state index contributed by atoms with van der Waals surface area (Å²) >= 11 is 0. The Morgan fingerprint density at radius 1 is 1.21 bits per heavy atom. The van der Waals surface area contributed by atoms with Gasteiger partial charge in [-0.05, 0) is 49.9 Å². The molecule has 1 aromatic carbocycles. The molecular formula is C16H26N2O. The van der Waals surface area contributed by atoms with Crippen molar-refractivity contribution in [3.63, 3.8) is 0 Å². The molecule has 19 heavy (non-hydrogen) atoms. The smallest absolute Gasteiger partial charge is 0.142 e. The van der Waals surface area contributed by atoms with Crippen LogP contribution in [0.15, 0.2) is 24.3 Å². The zero-order valence-electron chi connectivity index (χ0n) is 12.2. The first-order valence-corrected chi connectivity index (χ1v) is 7.26. The molecule has 0 saturated carbocycles. The Morgan fingerprint density at radius 3 is 2.58 bits per heavy atom. The average molecular weight is 262 g/mol. The number of nitrogen functional groups attached to an aromatic ring is 1. The van der Waals surface area contributed by atoms with Crippen LogP contribution in [0.1, 0.15) is 33.1 Å². The summed E-state index contributed by atoms with van der Waals surface area (Å²) in [6.07, 6.45) is 3.67.